The highest BCUT2D eigenvalue weighted by Crippen LogP contribution is 2.09. The number of anilines is 1. The molecule has 0 saturated carbocycles. The van der Waals surface area contributed by atoms with Crippen molar-refractivity contribution in [3.63, 3.8) is 0 Å². The normalized spacial score (nSPS) is 10.0. The van der Waals surface area contributed by atoms with Crippen molar-refractivity contribution in [3.8, 4) is 0 Å². The Kier molecular flexibility index (Phi) is 5.08. The molecule has 22 heavy (non-hydrogen) atoms. The Morgan fingerprint density at radius 2 is 1.86 bits per heavy atom. The summed E-state index contributed by atoms with van der Waals surface area (Å²) < 4.78 is 13.0. The van der Waals surface area contributed by atoms with Gasteiger partial charge in [0.2, 0.25) is 0 Å². The van der Waals surface area contributed by atoms with E-state index in [-0.39, 0.29) is 17.9 Å². The summed E-state index contributed by atoms with van der Waals surface area (Å²) in [6.45, 7) is 0.285. The molecule has 0 radical (unpaired) electrons. The topological polar surface area (TPSA) is 84.2 Å². The minimum Gasteiger partial charge on any atom is -0.398 e. The highest BCUT2D eigenvalue weighted by molar-refractivity contribution is 6.07. The summed E-state index contributed by atoms with van der Waals surface area (Å²) >= 11 is 0. The summed E-state index contributed by atoms with van der Waals surface area (Å²) in [5, 5.41) is 4.73. The highest BCUT2D eigenvalue weighted by atomic mass is 19.1. The summed E-state index contributed by atoms with van der Waals surface area (Å²) in [6, 6.07) is 12.0. The van der Waals surface area contributed by atoms with Crippen LogP contribution in [0, 0.1) is 5.82 Å². The molecule has 2 aromatic carbocycles. The summed E-state index contributed by atoms with van der Waals surface area (Å²) in [7, 11) is 0. The van der Waals surface area contributed by atoms with E-state index in [2.05, 4.69) is 10.6 Å². The van der Waals surface area contributed by atoms with Gasteiger partial charge in [0, 0.05) is 12.2 Å². The molecule has 2 aromatic rings. The summed E-state index contributed by atoms with van der Waals surface area (Å²) in [6.07, 6.45) is 0.465. The molecule has 2 rings (SSSR count). The number of halogens is 1. The highest BCUT2D eigenvalue weighted by Gasteiger charge is 2.12. The third kappa shape index (κ3) is 4.31. The molecular weight excluding hydrogens is 285 g/mol. The molecule has 0 heterocycles. The fraction of sp³-hybridized carbons (Fsp3) is 0.125. The van der Waals surface area contributed by atoms with E-state index in [0.717, 1.165) is 5.56 Å². The molecule has 5 nitrogen and oxygen atoms in total. The lowest BCUT2D eigenvalue weighted by Crippen LogP contribution is -2.40. The molecule has 3 amide bonds. The number of hydrogen-bond acceptors (Lipinski definition) is 3. The van der Waals surface area contributed by atoms with Crippen LogP contribution in [-0.2, 0) is 6.42 Å². The third-order valence-electron chi connectivity index (χ3n) is 3.02. The van der Waals surface area contributed by atoms with Crippen LogP contribution in [0.25, 0.3) is 0 Å². The van der Waals surface area contributed by atoms with Gasteiger partial charge in [0.1, 0.15) is 5.82 Å². The molecule has 0 fully saturated rings. The Morgan fingerprint density at radius 3 is 2.59 bits per heavy atom. The average molecular weight is 301 g/mol. The van der Waals surface area contributed by atoms with Gasteiger partial charge in [0.25, 0.3) is 5.91 Å². The number of rotatable bonds is 4. The first kappa shape index (κ1) is 15.5. The van der Waals surface area contributed by atoms with Crippen LogP contribution >= 0.6 is 0 Å². The number of para-hydroxylation sites is 1. The third-order valence-corrected chi connectivity index (χ3v) is 3.02. The van der Waals surface area contributed by atoms with Crippen LogP contribution in [0.3, 0.4) is 0 Å². The van der Waals surface area contributed by atoms with Crippen LogP contribution in [-0.4, -0.2) is 18.5 Å². The Bertz CT molecular complexity index is 689. The van der Waals surface area contributed by atoms with E-state index in [4.69, 9.17) is 5.73 Å². The van der Waals surface area contributed by atoms with Gasteiger partial charge in [-0.2, -0.15) is 0 Å². The van der Waals surface area contributed by atoms with Crippen molar-refractivity contribution in [3.05, 3.63) is 65.5 Å². The molecule has 6 heteroatoms. The van der Waals surface area contributed by atoms with Crippen molar-refractivity contribution < 1.29 is 14.0 Å². The lowest BCUT2D eigenvalue weighted by atomic mass is 10.1. The van der Waals surface area contributed by atoms with Crippen molar-refractivity contribution in [1.82, 2.24) is 10.6 Å². The Morgan fingerprint density at radius 1 is 1.09 bits per heavy atom. The fourth-order valence-electron chi connectivity index (χ4n) is 1.93. The number of imide groups is 1. The maximum absolute atomic E-state index is 13.0. The largest absolute Gasteiger partial charge is 0.398 e. The van der Waals surface area contributed by atoms with Gasteiger partial charge in [-0.1, -0.05) is 24.3 Å². The Labute approximate surface area is 127 Å². The van der Waals surface area contributed by atoms with Crippen LogP contribution < -0.4 is 16.4 Å². The lowest BCUT2D eigenvalue weighted by Gasteiger charge is -2.08. The molecule has 0 spiro atoms. The molecule has 0 unspecified atom stereocenters. The van der Waals surface area contributed by atoms with Gasteiger partial charge in [0.15, 0.2) is 0 Å². The van der Waals surface area contributed by atoms with E-state index in [1.165, 1.54) is 18.2 Å². The molecule has 0 bridgehead atoms. The van der Waals surface area contributed by atoms with Gasteiger partial charge >= 0.3 is 6.03 Å². The van der Waals surface area contributed by atoms with Crippen LogP contribution in [0.5, 0.6) is 0 Å². The Hall–Kier alpha value is -2.89. The van der Waals surface area contributed by atoms with Crippen molar-refractivity contribution >= 4 is 17.6 Å². The van der Waals surface area contributed by atoms with Gasteiger partial charge in [0.05, 0.1) is 5.56 Å². The molecule has 0 aliphatic rings. The molecule has 0 aliphatic heterocycles. The molecule has 0 atom stereocenters. The lowest BCUT2D eigenvalue weighted by molar-refractivity contribution is 0.0965. The van der Waals surface area contributed by atoms with Crippen molar-refractivity contribution in [2.45, 2.75) is 6.42 Å². The average Bonchev–Trinajstić information content (AvgIpc) is 2.47. The molecular formula is C16H16FN3O2. The minimum atomic E-state index is -0.621. The fourth-order valence-corrected chi connectivity index (χ4v) is 1.93. The number of benzene rings is 2. The van der Waals surface area contributed by atoms with E-state index in [1.807, 2.05) is 0 Å². The van der Waals surface area contributed by atoms with Crippen LogP contribution in [0.2, 0.25) is 0 Å². The molecule has 0 saturated heterocycles. The van der Waals surface area contributed by atoms with Crippen LogP contribution in [0.15, 0.2) is 48.5 Å². The number of nitrogens with two attached hydrogens (primary N) is 1. The SMILES string of the molecule is Nc1ccccc1C(=O)NC(=O)NCCc1cccc(F)c1. The maximum atomic E-state index is 13.0. The van der Waals surface area contributed by atoms with E-state index < -0.39 is 11.9 Å². The number of amides is 3. The first-order valence-corrected chi connectivity index (χ1v) is 6.74. The summed E-state index contributed by atoms with van der Waals surface area (Å²) in [4.78, 5) is 23.5. The monoisotopic (exact) mass is 301 g/mol. The first-order chi connectivity index (χ1) is 10.6. The number of nitrogens with one attached hydrogen (secondary N) is 2. The van der Waals surface area contributed by atoms with E-state index in [9.17, 15) is 14.0 Å². The van der Waals surface area contributed by atoms with Gasteiger partial charge < -0.3 is 11.1 Å². The summed E-state index contributed by atoms with van der Waals surface area (Å²) in [5.74, 6) is -0.891. The molecule has 0 aromatic heterocycles. The van der Waals surface area contributed by atoms with Gasteiger partial charge in [-0.3, -0.25) is 10.1 Å². The number of nitrogen functional groups attached to an aromatic ring is 1. The summed E-state index contributed by atoms with van der Waals surface area (Å²) in [5.41, 5.74) is 6.96. The van der Waals surface area contributed by atoms with Crippen molar-refractivity contribution in [2.75, 3.05) is 12.3 Å². The zero-order valence-corrected chi connectivity index (χ0v) is 11.8. The molecule has 0 aliphatic carbocycles. The first-order valence-electron chi connectivity index (χ1n) is 6.74. The predicted molar refractivity (Wildman–Crippen MR) is 81.8 cm³/mol. The van der Waals surface area contributed by atoms with Crippen molar-refractivity contribution in [1.29, 1.82) is 0 Å². The van der Waals surface area contributed by atoms with Gasteiger partial charge in [-0.25, -0.2) is 9.18 Å². The number of hydrogen-bond donors (Lipinski definition) is 3. The smallest absolute Gasteiger partial charge is 0.321 e. The van der Waals surface area contributed by atoms with E-state index in [1.54, 1.807) is 30.3 Å². The van der Waals surface area contributed by atoms with Gasteiger partial charge in [-0.15, -0.1) is 0 Å². The second-order valence-corrected chi connectivity index (χ2v) is 4.68. The maximum Gasteiger partial charge on any atom is 0.321 e. The van der Waals surface area contributed by atoms with Crippen LogP contribution in [0.1, 0.15) is 15.9 Å². The van der Waals surface area contributed by atoms with Crippen molar-refractivity contribution in [2.24, 2.45) is 0 Å². The van der Waals surface area contributed by atoms with E-state index >= 15 is 0 Å². The second kappa shape index (κ2) is 7.21. The second-order valence-electron chi connectivity index (χ2n) is 4.68. The minimum absolute atomic E-state index is 0.239. The molecule has 114 valence electrons. The van der Waals surface area contributed by atoms with Gasteiger partial charge in [-0.05, 0) is 36.2 Å². The standard InChI is InChI=1S/C16H16FN3O2/c17-12-5-3-4-11(10-12)8-9-19-16(22)20-15(21)13-6-1-2-7-14(13)18/h1-7,10H,8-9,18H2,(H2,19,20,21,22). The Balaban J connectivity index is 1.81. The number of carbonyl (C=O) groups is 2. The molecule has 4 N–H and O–H groups in total. The number of carbonyl (C=O) groups excluding carboxylic acids is 2. The predicted octanol–water partition coefficient (Wildman–Crippen LogP) is 2.09. The van der Waals surface area contributed by atoms with Crippen LogP contribution in [0.4, 0.5) is 14.9 Å². The zero-order chi connectivity index (χ0) is 15.9. The zero-order valence-electron chi connectivity index (χ0n) is 11.8. The van der Waals surface area contributed by atoms with E-state index in [0.29, 0.717) is 12.1 Å². The quantitative estimate of drug-likeness (QED) is 0.756. The number of urea groups is 1.